The number of carbonyl (C=O) groups excluding carboxylic acids is 4. The van der Waals surface area contributed by atoms with Crippen molar-refractivity contribution in [2.45, 2.75) is 20.0 Å². The van der Waals surface area contributed by atoms with E-state index in [1.807, 2.05) is 0 Å². The minimum Gasteiger partial charge on any atom is -0.459 e. The number of hydrogen-bond donors (Lipinski definition) is 2. The van der Waals surface area contributed by atoms with E-state index in [9.17, 15) is 19.2 Å². The maximum Gasteiger partial charge on any atom is 0.341 e. The summed E-state index contributed by atoms with van der Waals surface area (Å²) in [6.45, 7) is 2.88. The van der Waals surface area contributed by atoms with Crippen molar-refractivity contribution in [1.82, 2.24) is 0 Å². The normalized spacial score (nSPS) is 11.3. The van der Waals surface area contributed by atoms with Gasteiger partial charge in [-0.1, -0.05) is 12.1 Å². The first-order chi connectivity index (χ1) is 14.8. The third kappa shape index (κ3) is 5.45. The van der Waals surface area contributed by atoms with Crippen LogP contribution in [0.25, 0.3) is 0 Å². The number of ketones is 1. The van der Waals surface area contributed by atoms with E-state index in [1.165, 1.54) is 32.2 Å². The van der Waals surface area contributed by atoms with Gasteiger partial charge in [-0.3, -0.25) is 14.4 Å². The lowest BCUT2D eigenvalue weighted by Gasteiger charge is -2.15. The van der Waals surface area contributed by atoms with E-state index >= 15 is 0 Å². The van der Waals surface area contributed by atoms with Gasteiger partial charge in [0.1, 0.15) is 0 Å². The monoisotopic (exact) mass is 420 g/mol. The molecule has 0 fully saturated rings. The fourth-order valence-electron chi connectivity index (χ4n) is 2.67. The second-order valence-corrected chi connectivity index (χ2v) is 6.65. The van der Waals surface area contributed by atoms with Gasteiger partial charge in [-0.2, -0.15) is 0 Å². The highest BCUT2D eigenvalue weighted by atomic mass is 16.5. The second-order valence-electron chi connectivity index (χ2n) is 6.65. The van der Waals surface area contributed by atoms with Gasteiger partial charge in [-0.25, -0.2) is 4.79 Å². The number of para-hydroxylation sites is 1. The van der Waals surface area contributed by atoms with E-state index in [0.717, 1.165) is 0 Å². The Bertz CT molecular complexity index is 1100. The molecule has 0 aliphatic heterocycles. The molecule has 0 spiro atoms. The summed E-state index contributed by atoms with van der Waals surface area (Å²) in [5.41, 5.74) is 1.30. The highest BCUT2D eigenvalue weighted by Crippen LogP contribution is 2.19. The lowest BCUT2D eigenvalue weighted by atomic mass is 10.1. The van der Waals surface area contributed by atoms with Crippen molar-refractivity contribution >= 4 is 34.9 Å². The first-order valence-electron chi connectivity index (χ1n) is 9.42. The average molecular weight is 420 g/mol. The van der Waals surface area contributed by atoms with Gasteiger partial charge in [0.25, 0.3) is 11.8 Å². The summed E-state index contributed by atoms with van der Waals surface area (Å²) >= 11 is 0. The van der Waals surface area contributed by atoms with Crippen molar-refractivity contribution in [2.75, 3.05) is 10.6 Å². The number of esters is 1. The molecule has 2 amide bonds. The third-order valence-corrected chi connectivity index (χ3v) is 4.35. The zero-order valence-corrected chi connectivity index (χ0v) is 16.9. The largest absolute Gasteiger partial charge is 0.459 e. The molecule has 1 heterocycles. The maximum atomic E-state index is 12.6. The van der Waals surface area contributed by atoms with Crippen LogP contribution in [0.4, 0.5) is 11.4 Å². The van der Waals surface area contributed by atoms with Crippen LogP contribution < -0.4 is 10.6 Å². The number of Topliss-reactive ketones (excluding diaryl/α,β-unsaturated/α-hetero) is 1. The smallest absolute Gasteiger partial charge is 0.341 e. The number of amides is 2. The Morgan fingerprint density at radius 1 is 0.903 bits per heavy atom. The highest BCUT2D eigenvalue weighted by molar-refractivity contribution is 6.07. The predicted octanol–water partition coefficient (Wildman–Crippen LogP) is 3.92. The lowest BCUT2D eigenvalue weighted by Crippen LogP contribution is -2.30. The molecule has 0 saturated carbocycles. The summed E-state index contributed by atoms with van der Waals surface area (Å²) in [5, 5.41) is 5.21. The summed E-state index contributed by atoms with van der Waals surface area (Å²) in [4.78, 5) is 48.5. The third-order valence-electron chi connectivity index (χ3n) is 4.35. The number of hydrogen-bond acceptors (Lipinski definition) is 6. The molecule has 0 aliphatic carbocycles. The van der Waals surface area contributed by atoms with E-state index in [1.54, 1.807) is 48.5 Å². The van der Waals surface area contributed by atoms with Crippen LogP contribution in [0.3, 0.4) is 0 Å². The molecule has 0 radical (unpaired) electrons. The Hall–Kier alpha value is -4.20. The molecule has 1 aromatic heterocycles. The molecule has 3 rings (SSSR count). The highest BCUT2D eigenvalue weighted by Gasteiger charge is 2.22. The molecule has 2 N–H and O–H groups in total. The number of nitrogens with one attached hydrogen (secondary N) is 2. The van der Waals surface area contributed by atoms with E-state index in [4.69, 9.17) is 9.15 Å². The summed E-state index contributed by atoms with van der Waals surface area (Å²) in [5.74, 6) is -1.83. The van der Waals surface area contributed by atoms with Gasteiger partial charge in [0.15, 0.2) is 17.6 Å². The van der Waals surface area contributed by atoms with Crippen molar-refractivity contribution in [3.8, 4) is 0 Å². The number of rotatable bonds is 7. The van der Waals surface area contributed by atoms with Crippen molar-refractivity contribution in [2.24, 2.45) is 0 Å². The number of carbonyl (C=O) groups is 4. The number of anilines is 2. The van der Waals surface area contributed by atoms with Gasteiger partial charge < -0.3 is 19.8 Å². The van der Waals surface area contributed by atoms with Crippen LogP contribution in [-0.2, 0) is 9.53 Å². The van der Waals surface area contributed by atoms with Crippen LogP contribution in [0.2, 0.25) is 0 Å². The fraction of sp³-hybridized carbons (Fsp3) is 0.130. The molecule has 0 bridgehead atoms. The summed E-state index contributed by atoms with van der Waals surface area (Å²) < 4.78 is 10.3. The SMILES string of the molecule is CC(=O)c1ccc(NC(=O)[C@H](C)OC(=O)c2ccccc2NC(=O)c2ccco2)cc1. The molecule has 0 unspecified atom stereocenters. The minimum absolute atomic E-state index is 0.0852. The van der Waals surface area contributed by atoms with Crippen LogP contribution in [0, 0.1) is 0 Å². The Balaban J connectivity index is 1.64. The lowest BCUT2D eigenvalue weighted by molar-refractivity contribution is -0.123. The number of ether oxygens (including phenoxy) is 1. The van der Waals surface area contributed by atoms with Crippen molar-refractivity contribution in [1.29, 1.82) is 0 Å². The molecule has 2 aromatic carbocycles. The Labute approximate surface area is 178 Å². The van der Waals surface area contributed by atoms with E-state index in [2.05, 4.69) is 10.6 Å². The Morgan fingerprint density at radius 2 is 1.61 bits per heavy atom. The van der Waals surface area contributed by atoms with Crippen molar-refractivity contribution in [3.63, 3.8) is 0 Å². The predicted molar refractivity (Wildman–Crippen MR) is 113 cm³/mol. The summed E-state index contributed by atoms with van der Waals surface area (Å²) in [6.07, 6.45) is 0.261. The molecule has 0 aliphatic rings. The number of benzene rings is 2. The van der Waals surface area contributed by atoms with Crippen molar-refractivity contribution < 1.29 is 28.3 Å². The standard InChI is InChI=1S/C23H20N2O6/c1-14(26)16-9-11-17(12-10-16)24-21(27)15(2)31-23(29)18-6-3-4-7-19(18)25-22(28)20-8-5-13-30-20/h3-13,15H,1-2H3,(H,24,27)(H,25,28)/t15-/m0/s1. The van der Waals surface area contributed by atoms with Crippen LogP contribution >= 0.6 is 0 Å². The van der Waals surface area contributed by atoms with E-state index < -0.39 is 23.9 Å². The van der Waals surface area contributed by atoms with Crippen LogP contribution in [0.1, 0.15) is 45.1 Å². The second kappa shape index (κ2) is 9.53. The molecule has 158 valence electrons. The van der Waals surface area contributed by atoms with Gasteiger partial charge in [0.2, 0.25) is 0 Å². The fourth-order valence-corrected chi connectivity index (χ4v) is 2.67. The van der Waals surface area contributed by atoms with E-state index in [-0.39, 0.29) is 22.8 Å². The molecule has 31 heavy (non-hydrogen) atoms. The summed E-state index contributed by atoms with van der Waals surface area (Å²) in [7, 11) is 0. The quantitative estimate of drug-likeness (QED) is 0.442. The molecular weight excluding hydrogens is 400 g/mol. The molecular formula is C23H20N2O6. The average Bonchev–Trinajstić information content (AvgIpc) is 3.29. The van der Waals surface area contributed by atoms with E-state index in [0.29, 0.717) is 11.3 Å². The van der Waals surface area contributed by atoms with Crippen LogP contribution in [-0.4, -0.2) is 29.7 Å². The molecule has 8 heteroatoms. The van der Waals surface area contributed by atoms with Crippen LogP contribution in [0.15, 0.2) is 71.3 Å². The van der Waals surface area contributed by atoms with Gasteiger partial charge in [0.05, 0.1) is 17.5 Å². The summed E-state index contributed by atoms with van der Waals surface area (Å²) in [6, 6.07) is 15.7. The van der Waals surface area contributed by atoms with Gasteiger partial charge in [0, 0.05) is 11.3 Å². The first-order valence-corrected chi connectivity index (χ1v) is 9.42. The van der Waals surface area contributed by atoms with Crippen molar-refractivity contribution in [3.05, 3.63) is 83.8 Å². The Kier molecular flexibility index (Phi) is 6.61. The maximum absolute atomic E-state index is 12.6. The molecule has 3 aromatic rings. The van der Waals surface area contributed by atoms with Gasteiger partial charge in [-0.05, 0) is 62.4 Å². The van der Waals surface area contributed by atoms with Crippen LogP contribution in [0.5, 0.6) is 0 Å². The zero-order chi connectivity index (χ0) is 22.4. The van der Waals surface area contributed by atoms with Gasteiger partial charge >= 0.3 is 5.97 Å². The molecule has 0 saturated heterocycles. The minimum atomic E-state index is -1.10. The topological polar surface area (TPSA) is 115 Å². The molecule has 1 atom stereocenters. The number of furan rings is 1. The zero-order valence-electron chi connectivity index (χ0n) is 16.9. The molecule has 8 nitrogen and oxygen atoms in total. The first kappa shape index (κ1) is 21.5. The Morgan fingerprint density at radius 3 is 2.26 bits per heavy atom. The van der Waals surface area contributed by atoms with Gasteiger partial charge in [-0.15, -0.1) is 0 Å².